The van der Waals surface area contributed by atoms with E-state index >= 15 is 0 Å². The third-order valence-corrected chi connectivity index (χ3v) is 6.40. The number of halogens is 2. The van der Waals surface area contributed by atoms with Crippen LogP contribution in [0.15, 0.2) is 54.9 Å². The van der Waals surface area contributed by atoms with Crippen LogP contribution in [0.1, 0.15) is 22.4 Å². The second-order valence-electron chi connectivity index (χ2n) is 8.10. The number of aromatic nitrogens is 4. The summed E-state index contributed by atoms with van der Waals surface area (Å²) in [5, 5.41) is 4.95. The molecule has 0 spiro atoms. The van der Waals surface area contributed by atoms with Gasteiger partial charge in [0, 0.05) is 61.0 Å². The van der Waals surface area contributed by atoms with E-state index in [-0.39, 0.29) is 5.82 Å². The lowest BCUT2D eigenvalue weighted by molar-refractivity contribution is 0.245. The lowest BCUT2D eigenvalue weighted by atomic mass is 10.0. The van der Waals surface area contributed by atoms with Gasteiger partial charge in [0.1, 0.15) is 18.0 Å². The quantitative estimate of drug-likeness (QED) is 0.457. The van der Waals surface area contributed by atoms with Gasteiger partial charge >= 0.3 is 0 Å². The Bertz CT molecular complexity index is 1210. The largest absolute Gasteiger partial charge is 0.354 e. The van der Waals surface area contributed by atoms with Gasteiger partial charge in [0.25, 0.3) is 5.78 Å². The molecule has 0 atom stereocenters. The molecule has 0 radical (unpaired) electrons. The van der Waals surface area contributed by atoms with Crippen LogP contribution in [0, 0.1) is 12.7 Å². The van der Waals surface area contributed by atoms with Crippen LogP contribution in [0.3, 0.4) is 0 Å². The second-order valence-corrected chi connectivity index (χ2v) is 8.50. The zero-order chi connectivity index (χ0) is 22.1. The average Bonchev–Trinajstić information content (AvgIpc) is 3.26. The Kier molecular flexibility index (Phi) is 5.76. The van der Waals surface area contributed by atoms with Crippen LogP contribution in [0.2, 0.25) is 5.02 Å². The molecule has 2 aromatic carbocycles. The van der Waals surface area contributed by atoms with Crippen molar-refractivity contribution in [2.75, 3.05) is 31.1 Å². The maximum atomic E-state index is 14.2. The summed E-state index contributed by atoms with van der Waals surface area (Å²) < 4.78 is 16.1. The smallest absolute Gasteiger partial charge is 0.254 e. The molecule has 0 unspecified atom stereocenters. The second kappa shape index (κ2) is 8.84. The van der Waals surface area contributed by atoms with E-state index in [9.17, 15) is 4.39 Å². The van der Waals surface area contributed by atoms with E-state index in [1.165, 1.54) is 11.6 Å². The van der Waals surface area contributed by atoms with Crippen LogP contribution in [0.4, 0.5) is 10.2 Å². The van der Waals surface area contributed by atoms with Gasteiger partial charge in [-0.25, -0.2) is 9.37 Å². The number of nitrogens with zero attached hydrogens (tertiary/aromatic N) is 6. The van der Waals surface area contributed by atoms with Crippen LogP contribution in [-0.2, 0) is 13.0 Å². The molecule has 0 N–H and O–H groups in total. The molecule has 0 amide bonds. The molecule has 6 nitrogen and oxygen atoms in total. The Balaban J connectivity index is 1.41. The van der Waals surface area contributed by atoms with E-state index in [0.717, 1.165) is 49.7 Å². The summed E-state index contributed by atoms with van der Waals surface area (Å²) in [6.45, 7) is 5.73. The Morgan fingerprint density at radius 1 is 0.969 bits per heavy atom. The van der Waals surface area contributed by atoms with Gasteiger partial charge in [-0.1, -0.05) is 48.0 Å². The highest BCUT2D eigenvalue weighted by atomic mass is 35.5. The van der Waals surface area contributed by atoms with Crippen molar-refractivity contribution in [3.8, 4) is 0 Å². The van der Waals surface area contributed by atoms with Crippen molar-refractivity contribution in [2.45, 2.75) is 19.9 Å². The number of hydrogen-bond acceptors (Lipinski definition) is 5. The van der Waals surface area contributed by atoms with Crippen molar-refractivity contribution < 1.29 is 4.39 Å². The van der Waals surface area contributed by atoms with Crippen molar-refractivity contribution in [2.24, 2.45) is 0 Å². The van der Waals surface area contributed by atoms with Gasteiger partial charge in [-0.2, -0.15) is 14.6 Å². The number of piperazine rings is 1. The van der Waals surface area contributed by atoms with Gasteiger partial charge < -0.3 is 4.90 Å². The SMILES string of the molecule is Cc1nc2ncnn2c(N2CCN(Cc3c(F)cccc3Cl)CC2)c1Cc1ccccc1. The molecule has 1 fully saturated rings. The lowest BCUT2D eigenvalue weighted by Gasteiger charge is -2.37. The van der Waals surface area contributed by atoms with Crippen LogP contribution in [0.5, 0.6) is 0 Å². The molecule has 3 heterocycles. The van der Waals surface area contributed by atoms with E-state index < -0.39 is 0 Å². The first-order chi connectivity index (χ1) is 15.6. The Hall–Kier alpha value is -3.03. The molecule has 1 aliphatic heterocycles. The van der Waals surface area contributed by atoms with Crippen LogP contribution >= 0.6 is 11.6 Å². The summed E-state index contributed by atoms with van der Waals surface area (Å²) in [5.74, 6) is 1.39. The Labute approximate surface area is 191 Å². The Morgan fingerprint density at radius 3 is 2.50 bits per heavy atom. The third kappa shape index (κ3) is 4.06. The summed E-state index contributed by atoms with van der Waals surface area (Å²) in [6.07, 6.45) is 2.32. The summed E-state index contributed by atoms with van der Waals surface area (Å²) >= 11 is 6.24. The molecular formula is C24H24ClFN6. The number of aryl methyl sites for hydroxylation is 1. The number of fused-ring (bicyclic) bond motifs is 1. The van der Waals surface area contributed by atoms with E-state index in [4.69, 9.17) is 11.6 Å². The summed E-state index contributed by atoms with van der Waals surface area (Å²) in [6, 6.07) is 15.2. The molecule has 0 aliphatic carbocycles. The van der Waals surface area contributed by atoms with E-state index in [2.05, 4.69) is 49.1 Å². The molecule has 0 saturated carbocycles. The third-order valence-electron chi connectivity index (χ3n) is 6.04. The van der Waals surface area contributed by atoms with Gasteiger partial charge in [-0.05, 0) is 24.6 Å². The highest BCUT2D eigenvalue weighted by molar-refractivity contribution is 6.31. The van der Waals surface area contributed by atoms with E-state index in [0.29, 0.717) is 22.9 Å². The number of benzene rings is 2. The molecule has 8 heteroatoms. The predicted octanol–water partition coefficient (Wildman–Crippen LogP) is 4.14. The van der Waals surface area contributed by atoms with Crippen molar-refractivity contribution in [1.29, 1.82) is 0 Å². The minimum atomic E-state index is -0.251. The maximum Gasteiger partial charge on any atom is 0.254 e. The summed E-state index contributed by atoms with van der Waals surface area (Å²) in [4.78, 5) is 13.6. The van der Waals surface area contributed by atoms with Gasteiger partial charge in [0.15, 0.2) is 0 Å². The normalized spacial score (nSPS) is 14.9. The zero-order valence-corrected chi connectivity index (χ0v) is 18.6. The number of hydrogen-bond donors (Lipinski definition) is 0. The fraction of sp³-hybridized carbons (Fsp3) is 0.292. The minimum Gasteiger partial charge on any atom is -0.354 e. The molecule has 1 saturated heterocycles. The molecule has 1 aliphatic rings. The predicted molar refractivity (Wildman–Crippen MR) is 124 cm³/mol. The summed E-state index contributed by atoms with van der Waals surface area (Å²) in [5.41, 5.74) is 3.90. The van der Waals surface area contributed by atoms with Crippen LogP contribution < -0.4 is 4.90 Å². The minimum absolute atomic E-state index is 0.251. The van der Waals surface area contributed by atoms with Crippen LogP contribution in [0.25, 0.3) is 5.78 Å². The molecule has 5 rings (SSSR count). The fourth-order valence-corrected chi connectivity index (χ4v) is 4.55. The Morgan fingerprint density at radius 2 is 1.75 bits per heavy atom. The highest BCUT2D eigenvalue weighted by Gasteiger charge is 2.25. The first-order valence-electron chi connectivity index (χ1n) is 10.7. The molecule has 164 valence electrons. The van der Waals surface area contributed by atoms with Gasteiger partial charge in [-0.3, -0.25) is 4.90 Å². The van der Waals surface area contributed by atoms with Crippen molar-refractivity contribution >= 4 is 23.2 Å². The molecule has 0 bridgehead atoms. The highest BCUT2D eigenvalue weighted by Crippen LogP contribution is 2.28. The number of rotatable bonds is 5. The lowest BCUT2D eigenvalue weighted by Crippen LogP contribution is -2.47. The summed E-state index contributed by atoms with van der Waals surface area (Å²) in [7, 11) is 0. The van der Waals surface area contributed by atoms with Crippen molar-refractivity contribution in [3.63, 3.8) is 0 Å². The van der Waals surface area contributed by atoms with Crippen LogP contribution in [-0.4, -0.2) is 50.7 Å². The average molecular weight is 451 g/mol. The molecular weight excluding hydrogens is 427 g/mol. The van der Waals surface area contributed by atoms with E-state index in [1.54, 1.807) is 18.5 Å². The first kappa shape index (κ1) is 20.8. The van der Waals surface area contributed by atoms with Gasteiger partial charge in [0.05, 0.1) is 0 Å². The zero-order valence-electron chi connectivity index (χ0n) is 17.9. The standard InChI is InChI=1S/C24H24ClFN6/c1-17-19(14-18-6-3-2-4-7-18)23(32-24(29-17)27-16-28-32)31-12-10-30(11-13-31)15-20-21(25)8-5-9-22(20)26/h2-9,16H,10-15H2,1H3. The fourth-order valence-electron chi connectivity index (χ4n) is 4.32. The van der Waals surface area contributed by atoms with Crippen molar-refractivity contribution in [1.82, 2.24) is 24.5 Å². The first-order valence-corrected chi connectivity index (χ1v) is 11.1. The van der Waals surface area contributed by atoms with E-state index in [1.807, 2.05) is 17.5 Å². The monoisotopic (exact) mass is 450 g/mol. The molecule has 2 aromatic heterocycles. The molecule has 32 heavy (non-hydrogen) atoms. The molecule has 4 aromatic rings. The van der Waals surface area contributed by atoms with Gasteiger partial charge in [-0.15, -0.1) is 0 Å². The van der Waals surface area contributed by atoms with Crippen molar-refractivity contribution in [3.05, 3.63) is 88.1 Å². The number of anilines is 1. The maximum absolute atomic E-state index is 14.2. The topological polar surface area (TPSA) is 49.6 Å². The van der Waals surface area contributed by atoms with Gasteiger partial charge in [0.2, 0.25) is 0 Å².